The number of aryl methyl sites for hydroxylation is 1. The maximum absolute atomic E-state index is 12.9. The molecule has 1 aliphatic heterocycles. The molecule has 0 fully saturated rings. The molecule has 8 nitrogen and oxygen atoms in total. The van der Waals surface area contributed by atoms with E-state index >= 15 is 0 Å². The molecule has 0 aliphatic carbocycles. The van der Waals surface area contributed by atoms with Crippen molar-refractivity contribution in [1.29, 1.82) is 0 Å². The number of carbonyl (C=O) groups excluding carboxylic acids is 1. The van der Waals surface area contributed by atoms with Gasteiger partial charge in [-0.05, 0) is 43.3 Å². The summed E-state index contributed by atoms with van der Waals surface area (Å²) in [7, 11) is -3.57. The molecule has 10 heteroatoms. The molecule has 4 rings (SSSR count). The van der Waals surface area contributed by atoms with Gasteiger partial charge in [0.2, 0.25) is 16.8 Å². The van der Waals surface area contributed by atoms with Gasteiger partial charge in [0.05, 0.1) is 21.7 Å². The molecule has 1 aliphatic rings. The van der Waals surface area contributed by atoms with Crippen LogP contribution < -0.4 is 9.47 Å². The minimum atomic E-state index is -3.57. The molecular formula is C22H25N3O5S2. The first kappa shape index (κ1) is 22.6. The number of ether oxygens (including phenoxy) is 2. The summed E-state index contributed by atoms with van der Waals surface area (Å²) < 4.78 is 39.8. The summed E-state index contributed by atoms with van der Waals surface area (Å²) in [6, 6.07) is 10.2. The van der Waals surface area contributed by atoms with E-state index in [1.807, 2.05) is 25.3 Å². The van der Waals surface area contributed by atoms with Gasteiger partial charge in [-0.2, -0.15) is 4.31 Å². The zero-order chi connectivity index (χ0) is 22.9. The molecule has 0 unspecified atom stereocenters. The summed E-state index contributed by atoms with van der Waals surface area (Å²) in [4.78, 5) is 17.6. The Kier molecular flexibility index (Phi) is 6.45. The molecule has 3 aromatic rings. The molecular weight excluding hydrogens is 450 g/mol. The van der Waals surface area contributed by atoms with E-state index in [1.54, 1.807) is 36.4 Å². The Hall–Kier alpha value is -2.56. The highest BCUT2D eigenvalue weighted by Crippen LogP contribution is 2.33. The van der Waals surface area contributed by atoms with Crippen LogP contribution in [0.2, 0.25) is 0 Å². The van der Waals surface area contributed by atoms with Crippen LogP contribution in [0.25, 0.3) is 11.0 Å². The van der Waals surface area contributed by atoms with E-state index in [1.165, 1.54) is 16.1 Å². The lowest BCUT2D eigenvalue weighted by molar-refractivity contribution is 0.102. The van der Waals surface area contributed by atoms with Gasteiger partial charge in [0.15, 0.2) is 22.4 Å². The van der Waals surface area contributed by atoms with Crippen LogP contribution in [-0.2, 0) is 16.6 Å². The molecule has 0 saturated carbocycles. The number of fused-ring (bicyclic) bond motifs is 2. The first-order chi connectivity index (χ1) is 15.4. The van der Waals surface area contributed by atoms with Crippen LogP contribution in [-0.4, -0.2) is 53.7 Å². The van der Waals surface area contributed by atoms with E-state index in [2.05, 4.69) is 4.98 Å². The molecule has 0 amide bonds. The largest absolute Gasteiger partial charge is 0.454 e. The van der Waals surface area contributed by atoms with E-state index in [0.29, 0.717) is 47.4 Å². The van der Waals surface area contributed by atoms with Gasteiger partial charge in [-0.15, -0.1) is 0 Å². The van der Waals surface area contributed by atoms with Gasteiger partial charge >= 0.3 is 0 Å². The number of Topliss-reactive ketones (excluding diaryl/α,β-unsaturated/α-hetero) is 1. The van der Waals surface area contributed by atoms with Gasteiger partial charge in [-0.1, -0.05) is 25.6 Å². The molecule has 32 heavy (non-hydrogen) atoms. The maximum Gasteiger partial charge on any atom is 0.243 e. The highest BCUT2D eigenvalue weighted by molar-refractivity contribution is 7.99. The van der Waals surface area contributed by atoms with Crippen LogP contribution in [0.15, 0.2) is 46.5 Å². The summed E-state index contributed by atoms with van der Waals surface area (Å²) in [5.41, 5.74) is 1.98. The minimum Gasteiger partial charge on any atom is -0.454 e. The van der Waals surface area contributed by atoms with Crippen molar-refractivity contribution in [2.75, 3.05) is 25.6 Å². The molecule has 0 bridgehead atoms. The van der Waals surface area contributed by atoms with Crippen molar-refractivity contribution >= 4 is 38.6 Å². The molecule has 170 valence electrons. The smallest absolute Gasteiger partial charge is 0.243 e. The van der Waals surface area contributed by atoms with E-state index in [-0.39, 0.29) is 23.2 Å². The van der Waals surface area contributed by atoms with Crippen LogP contribution in [0, 0.1) is 0 Å². The van der Waals surface area contributed by atoms with Crippen molar-refractivity contribution in [3.63, 3.8) is 0 Å². The van der Waals surface area contributed by atoms with Crippen molar-refractivity contribution < 1.29 is 22.7 Å². The Morgan fingerprint density at radius 1 is 1.09 bits per heavy atom. The molecule has 0 radical (unpaired) electrons. The highest BCUT2D eigenvalue weighted by Gasteiger charge is 2.23. The van der Waals surface area contributed by atoms with E-state index in [4.69, 9.17) is 9.47 Å². The highest BCUT2D eigenvalue weighted by atomic mass is 32.2. The number of thioether (sulfide) groups is 1. The number of rotatable bonds is 9. The number of sulfonamides is 1. The lowest BCUT2D eigenvalue weighted by Crippen LogP contribution is -2.30. The van der Waals surface area contributed by atoms with Gasteiger partial charge in [0.1, 0.15) is 0 Å². The van der Waals surface area contributed by atoms with Crippen LogP contribution in [0.3, 0.4) is 0 Å². The molecule has 0 N–H and O–H groups in total. The Balaban J connectivity index is 1.58. The number of hydrogen-bond acceptors (Lipinski definition) is 7. The number of carbonyl (C=O) groups is 1. The fourth-order valence-electron chi connectivity index (χ4n) is 3.66. The Labute approximate surface area is 191 Å². The number of nitrogens with zero attached hydrogens (tertiary/aromatic N) is 3. The normalized spacial score (nSPS) is 13.2. The summed E-state index contributed by atoms with van der Waals surface area (Å²) >= 11 is 1.33. The average Bonchev–Trinajstić information content (AvgIpc) is 3.40. The summed E-state index contributed by atoms with van der Waals surface area (Å²) in [5.74, 6) is 1.36. The van der Waals surface area contributed by atoms with Crippen molar-refractivity contribution in [3.8, 4) is 11.5 Å². The maximum atomic E-state index is 12.9. The number of benzene rings is 2. The Morgan fingerprint density at radius 3 is 2.56 bits per heavy atom. The summed E-state index contributed by atoms with van der Waals surface area (Å²) in [5, 5.41) is 0.675. The van der Waals surface area contributed by atoms with Crippen LogP contribution in [0.1, 0.15) is 31.1 Å². The average molecular weight is 476 g/mol. The third kappa shape index (κ3) is 4.10. The zero-order valence-electron chi connectivity index (χ0n) is 18.2. The third-order valence-corrected chi connectivity index (χ3v) is 8.39. The molecule has 0 spiro atoms. The van der Waals surface area contributed by atoms with Gasteiger partial charge in [0.25, 0.3) is 0 Å². The predicted octanol–water partition coefficient (Wildman–Crippen LogP) is 3.79. The second kappa shape index (κ2) is 9.13. The molecule has 2 aromatic carbocycles. The van der Waals surface area contributed by atoms with Crippen molar-refractivity contribution in [2.45, 2.75) is 37.4 Å². The van der Waals surface area contributed by atoms with Gasteiger partial charge < -0.3 is 14.0 Å². The first-order valence-corrected chi connectivity index (χ1v) is 12.9. The fraction of sp³-hybridized carbons (Fsp3) is 0.364. The second-order valence-electron chi connectivity index (χ2n) is 7.16. The lowest BCUT2D eigenvalue weighted by atomic mass is 10.1. The third-order valence-electron chi connectivity index (χ3n) is 5.37. The van der Waals surface area contributed by atoms with Crippen LogP contribution in [0.5, 0.6) is 11.5 Å². The number of ketones is 1. The van der Waals surface area contributed by atoms with E-state index in [0.717, 1.165) is 5.52 Å². The topological polar surface area (TPSA) is 90.7 Å². The molecule has 0 saturated heterocycles. The molecule has 1 aromatic heterocycles. The zero-order valence-corrected chi connectivity index (χ0v) is 19.8. The first-order valence-electron chi connectivity index (χ1n) is 10.4. The fourth-order valence-corrected chi connectivity index (χ4v) is 6.11. The summed E-state index contributed by atoms with van der Waals surface area (Å²) in [6.07, 6.45) is 0. The van der Waals surface area contributed by atoms with Crippen molar-refractivity contribution in [2.24, 2.45) is 0 Å². The van der Waals surface area contributed by atoms with Gasteiger partial charge in [-0.25, -0.2) is 13.4 Å². The lowest BCUT2D eigenvalue weighted by Gasteiger charge is -2.18. The quantitative estimate of drug-likeness (QED) is 0.343. The van der Waals surface area contributed by atoms with E-state index in [9.17, 15) is 13.2 Å². The van der Waals surface area contributed by atoms with Gasteiger partial charge in [0, 0.05) is 25.2 Å². The molecule has 0 atom stereocenters. The number of hydrogen-bond donors (Lipinski definition) is 0. The number of imidazole rings is 1. The van der Waals surface area contributed by atoms with Gasteiger partial charge in [-0.3, -0.25) is 4.79 Å². The van der Waals surface area contributed by atoms with Crippen molar-refractivity contribution in [1.82, 2.24) is 13.9 Å². The minimum absolute atomic E-state index is 0.0483. The van der Waals surface area contributed by atoms with Crippen molar-refractivity contribution in [3.05, 3.63) is 42.0 Å². The monoisotopic (exact) mass is 475 g/mol. The SMILES string of the molecule is CCN(CC)S(=O)(=O)c1ccc2c(c1)nc(SCC(=O)c1ccc3c(c1)OCO3)n2CC. The van der Waals surface area contributed by atoms with Crippen LogP contribution >= 0.6 is 11.8 Å². The summed E-state index contributed by atoms with van der Waals surface area (Å²) in [6.45, 7) is 7.25. The van der Waals surface area contributed by atoms with Crippen LogP contribution in [0.4, 0.5) is 0 Å². The predicted molar refractivity (Wildman–Crippen MR) is 123 cm³/mol. The Morgan fingerprint density at radius 2 is 1.84 bits per heavy atom. The molecule has 2 heterocycles. The standard InChI is InChI=1S/C22H25N3O5S2/c1-4-24(5-2)32(27,28)16-8-9-18-17(12-16)23-22(25(18)6-3)31-13-19(26)15-7-10-20-21(11-15)30-14-29-20/h7-12H,4-6,13-14H2,1-3H3. The second-order valence-corrected chi connectivity index (χ2v) is 10.0. The Bertz CT molecular complexity index is 1270. The van der Waals surface area contributed by atoms with E-state index < -0.39 is 10.0 Å². The number of aromatic nitrogens is 2.